The van der Waals surface area contributed by atoms with Gasteiger partial charge in [0.05, 0.1) is 7.11 Å². The maximum Gasteiger partial charge on any atom is 0.410 e. The zero-order chi connectivity index (χ0) is 17.6. The molecule has 0 bridgehead atoms. The number of carbonyl (C=O) groups excluding carboxylic acids is 1. The molecule has 4 nitrogen and oxygen atoms in total. The maximum atomic E-state index is 12.4. The molecule has 3 aromatic rings. The summed E-state index contributed by atoms with van der Waals surface area (Å²) < 4.78 is 6.10. The normalized spacial score (nSPS) is 16.8. The van der Waals surface area contributed by atoms with Gasteiger partial charge in [0.1, 0.15) is 6.04 Å². The number of nitrogens with zero attached hydrogens (tertiary/aromatic N) is 1. The van der Waals surface area contributed by atoms with E-state index in [0.29, 0.717) is 6.54 Å². The first-order chi connectivity index (χ1) is 12.1. The minimum atomic E-state index is -0.295. The van der Waals surface area contributed by atoms with Gasteiger partial charge < -0.3 is 9.72 Å². The molecule has 128 valence electrons. The molecular weight excluding hydrogens is 380 g/mol. The highest BCUT2D eigenvalue weighted by atomic mass is 79.9. The maximum absolute atomic E-state index is 12.4. The molecule has 0 aliphatic carbocycles. The third-order valence-electron chi connectivity index (χ3n) is 4.89. The number of H-pyrrole nitrogens is 1. The molecule has 1 unspecified atom stereocenters. The first-order valence-corrected chi connectivity index (χ1v) is 9.09. The van der Waals surface area contributed by atoms with Gasteiger partial charge in [-0.25, -0.2) is 4.79 Å². The number of nitrogens with one attached hydrogen (secondary N) is 1. The van der Waals surface area contributed by atoms with Crippen LogP contribution in [0.2, 0.25) is 0 Å². The molecule has 2 aromatic carbocycles. The predicted octanol–water partition coefficient (Wildman–Crippen LogP) is 4.95. The summed E-state index contributed by atoms with van der Waals surface area (Å²) >= 11 is 3.56. The second-order valence-corrected chi connectivity index (χ2v) is 7.35. The van der Waals surface area contributed by atoms with Crippen molar-refractivity contribution in [3.05, 3.63) is 69.3 Å². The first kappa shape index (κ1) is 16.2. The van der Waals surface area contributed by atoms with Crippen molar-refractivity contribution in [1.29, 1.82) is 0 Å². The average Bonchev–Trinajstić information content (AvgIpc) is 2.99. The number of amides is 1. The Kier molecular flexibility index (Phi) is 4.04. The van der Waals surface area contributed by atoms with Gasteiger partial charge in [0.2, 0.25) is 0 Å². The molecular formula is C20H19BrN2O2. The summed E-state index contributed by atoms with van der Waals surface area (Å²) in [5, 5.41) is 1.21. The molecule has 1 amide bonds. The lowest BCUT2D eigenvalue weighted by Gasteiger charge is -2.35. The topological polar surface area (TPSA) is 45.3 Å². The van der Waals surface area contributed by atoms with E-state index in [4.69, 9.17) is 4.74 Å². The molecule has 1 aliphatic heterocycles. The number of aromatic amines is 1. The summed E-state index contributed by atoms with van der Waals surface area (Å²) in [7, 11) is 1.44. The van der Waals surface area contributed by atoms with E-state index in [9.17, 15) is 4.79 Å². The Balaban J connectivity index is 1.91. The second-order valence-electron chi connectivity index (χ2n) is 6.43. The Labute approximate surface area is 154 Å². The number of methoxy groups -OCH3 is 1. The number of hydrogen-bond donors (Lipinski definition) is 1. The van der Waals surface area contributed by atoms with Crippen LogP contribution in [0.25, 0.3) is 10.9 Å². The van der Waals surface area contributed by atoms with Crippen LogP contribution in [-0.4, -0.2) is 29.6 Å². The SMILES string of the molecule is COC(=O)N1CCc2c([nH]c3ccc(Br)cc23)C1c1ccc(C)cc1. The van der Waals surface area contributed by atoms with E-state index in [1.807, 2.05) is 6.07 Å². The molecule has 0 spiro atoms. The monoisotopic (exact) mass is 398 g/mol. The van der Waals surface area contributed by atoms with Crippen molar-refractivity contribution in [2.45, 2.75) is 19.4 Å². The number of aromatic nitrogens is 1. The highest BCUT2D eigenvalue weighted by molar-refractivity contribution is 9.10. The van der Waals surface area contributed by atoms with Crippen molar-refractivity contribution in [2.24, 2.45) is 0 Å². The van der Waals surface area contributed by atoms with Crippen molar-refractivity contribution < 1.29 is 9.53 Å². The molecule has 0 fully saturated rings. The van der Waals surface area contributed by atoms with E-state index >= 15 is 0 Å². The lowest BCUT2D eigenvalue weighted by atomic mass is 9.92. The Morgan fingerprint density at radius 3 is 2.72 bits per heavy atom. The predicted molar refractivity (Wildman–Crippen MR) is 102 cm³/mol. The van der Waals surface area contributed by atoms with Crippen LogP contribution in [0.5, 0.6) is 0 Å². The van der Waals surface area contributed by atoms with Crippen molar-refractivity contribution in [1.82, 2.24) is 9.88 Å². The van der Waals surface area contributed by atoms with E-state index in [1.54, 1.807) is 4.90 Å². The molecule has 0 saturated heterocycles. The Morgan fingerprint density at radius 2 is 2.00 bits per heavy atom. The van der Waals surface area contributed by atoms with E-state index in [-0.39, 0.29) is 12.1 Å². The number of carbonyl (C=O) groups is 1. The Hall–Kier alpha value is -2.27. The summed E-state index contributed by atoms with van der Waals surface area (Å²) in [6, 6.07) is 14.4. The number of fused-ring (bicyclic) bond motifs is 3. The van der Waals surface area contributed by atoms with E-state index in [1.165, 1.54) is 23.6 Å². The molecule has 1 aromatic heterocycles. The van der Waals surface area contributed by atoms with Crippen LogP contribution in [-0.2, 0) is 11.2 Å². The fourth-order valence-electron chi connectivity index (χ4n) is 3.67. The number of rotatable bonds is 1. The Morgan fingerprint density at radius 1 is 1.24 bits per heavy atom. The van der Waals surface area contributed by atoms with Crippen LogP contribution in [0.1, 0.15) is 28.4 Å². The third-order valence-corrected chi connectivity index (χ3v) is 5.38. The summed E-state index contributed by atoms with van der Waals surface area (Å²) in [5.74, 6) is 0. The standard InChI is InChI=1S/C20H19BrN2O2/c1-12-3-5-13(6-4-12)19-18-15(9-10-23(19)20(24)25-2)16-11-14(21)7-8-17(16)22-18/h3-8,11,19,22H,9-10H2,1-2H3. The highest BCUT2D eigenvalue weighted by Gasteiger charge is 2.35. The number of hydrogen-bond acceptors (Lipinski definition) is 2. The molecule has 1 atom stereocenters. The second kappa shape index (κ2) is 6.23. The molecule has 0 saturated carbocycles. The molecule has 1 aliphatic rings. The zero-order valence-corrected chi connectivity index (χ0v) is 15.8. The zero-order valence-electron chi connectivity index (χ0n) is 14.2. The molecule has 1 N–H and O–H groups in total. The van der Waals surface area contributed by atoms with Crippen molar-refractivity contribution >= 4 is 32.9 Å². The van der Waals surface area contributed by atoms with Crippen LogP contribution < -0.4 is 0 Å². The van der Waals surface area contributed by atoms with Crippen molar-refractivity contribution in [2.75, 3.05) is 13.7 Å². The molecule has 0 radical (unpaired) electrons. The smallest absolute Gasteiger partial charge is 0.410 e. The summed E-state index contributed by atoms with van der Waals surface area (Å²) in [6.45, 7) is 2.70. The lowest BCUT2D eigenvalue weighted by Crippen LogP contribution is -2.40. The minimum Gasteiger partial charge on any atom is -0.453 e. The van der Waals surface area contributed by atoms with Crippen LogP contribution in [0, 0.1) is 6.92 Å². The van der Waals surface area contributed by atoms with Gasteiger partial charge >= 0.3 is 6.09 Å². The molecule has 2 heterocycles. The first-order valence-electron chi connectivity index (χ1n) is 8.29. The number of aryl methyl sites for hydroxylation is 1. The summed E-state index contributed by atoms with van der Waals surface area (Å²) in [6.07, 6.45) is 0.513. The fraction of sp³-hybridized carbons (Fsp3) is 0.250. The van der Waals surface area contributed by atoms with Crippen LogP contribution in [0.15, 0.2) is 46.9 Å². The van der Waals surface area contributed by atoms with Crippen LogP contribution >= 0.6 is 15.9 Å². The van der Waals surface area contributed by atoms with Gasteiger partial charge in [0, 0.05) is 27.6 Å². The van der Waals surface area contributed by atoms with E-state index in [0.717, 1.165) is 27.7 Å². The van der Waals surface area contributed by atoms with Gasteiger partial charge in [-0.3, -0.25) is 4.90 Å². The van der Waals surface area contributed by atoms with Crippen molar-refractivity contribution in [3.63, 3.8) is 0 Å². The third kappa shape index (κ3) is 2.72. The average molecular weight is 399 g/mol. The van der Waals surface area contributed by atoms with E-state index < -0.39 is 0 Å². The highest BCUT2D eigenvalue weighted by Crippen LogP contribution is 2.39. The quantitative estimate of drug-likeness (QED) is 0.629. The van der Waals surface area contributed by atoms with Crippen LogP contribution in [0.4, 0.5) is 4.79 Å². The lowest BCUT2D eigenvalue weighted by molar-refractivity contribution is 0.108. The van der Waals surface area contributed by atoms with Gasteiger partial charge in [0.15, 0.2) is 0 Å². The van der Waals surface area contributed by atoms with Gasteiger partial charge in [0.25, 0.3) is 0 Å². The summed E-state index contributed by atoms with van der Waals surface area (Å²) in [4.78, 5) is 17.7. The van der Waals surface area contributed by atoms with Gasteiger partial charge in [-0.05, 0) is 42.7 Å². The largest absolute Gasteiger partial charge is 0.453 e. The fourth-order valence-corrected chi connectivity index (χ4v) is 4.03. The molecule has 25 heavy (non-hydrogen) atoms. The van der Waals surface area contributed by atoms with Gasteiger partial charge in [-0.15, -0.1) is 0 Å². The minimum absolute atomic E-state index is 0.164. The number of benzene rings is 2. The number of ether oxygens (including phenoxy) is 1. The summed E-state index contributed by atoms with van der Waals surface area (Å²) in [5.41, 5.74) is 5.74. The van der Waals surface area contributed by atoms with Gasteiger partial charge in [-0.1, -0.05) is 45.8 Å². The number of halogens is 1. The van der Waals surface area contributed by atoms with Crippen molar-refractivity contribution in [3.8, 4) is 0 Å². The Bertz CT molecular complexity index is 946. The molecule has 4 rings (SSSR count). The van der Waals surface area contributed by atoms with E-state index in [2.05, 4.69) is 64.2 Å². The molecule has 5 heteroatoms. The van der Waals surface area contributed by atoms with Gasteiger partial charge in [-0.2, -0.15) is 0 Å². The van der Waals surface area contributed by atoms with Crippen LogP contribution in [0.3, 0.4) is 0 Å².